The van der Waals surface area contributed by atoms with Gasteiger partial charge in [0.05, 0.1) is 39.6 Å². The average Bonchev–Trinajstić information content (AvgIpc) is 2.52. The molecule has 0 aliphatic heterocycles. The predicted molar refractivity (Wildman–Crippen MR) is 85.1 cm³/mol. The van der Waals surface area contributed by atoms with Crippen LogP contribution in [0.1, 0.15) is 40.0 Å². The molecule has 0 radical (unpaired) electrons. The van der Waals surface area contributed by atoms with Gasteiger partial charge in [0.15, 0.2) is 0 Å². The molecule has 0 rings (SSSR count). The van der Waals surface area contributed by atoms with Crippen molar-refractivity contribution in [2.24, 2.45) is 0 Å². The molecule has 136 valence electrons. The first-order valence-corrected chi connectivity index (χ1v) is 7.77. The van der Waals surface area contributed by atoms with E-state index < -0.39 is 5.97 Å². The molecule has 0 fully saturated rings. The van der Waals surface area contributed by atoms with Crippen LogP contribution in [0.2, 0.25) is 0 Å². The zero-order valence-electron chi connectivity index (χ0n) is 14.3. The molecule has 0 saturated heterocycles. The Hall–Kier alpha value is -0.730. The van der Waals surface area contributed by atoms with Gasteiger partial charge in [-0.1, -0.05) is 20.8 Å². The molecule has 0 saturated carbocycles. The second-order valence-electron chi connectivity index (χ2n) is 4.03. The first-order valence-electron chi connectivity index (χ1n) is 7.77. The van der Waals surface area contributed by atoms with Crippen LogP contribution in [-0.2, 0) is 19.0 Å². The van der Waals surface area contributed by atoms with Gasteiger partial charge in [-0.15, -0.1) is 0 Å². The number of hydrogen-bond donors (Lipinski definition) is 3. The number of aliphatic hydroxyl groups is 2. The maximum absolute atomic E-state index is 9.37. The number of carboxylic acids is 1. The van der Waals surface area contributed by atoms with Crippen LogP contribution in [0.15, 0.2) is 0 Å². The number of rotatable bonds is 12. The second-order valence-corrected chi connectivity index (χ2v) is 4.03. The third-order valence-electron chi connectivity index (χ3n) is 1.84. The Bertz CT molecular complexity index is 177. The van der Waals surface area contributed by atoms with E-state index in [1.807, 2.05) is 0 Å². The quantitative estimate of drug-likeness (QED) is 0.464. The standard InChI is InChI=1S/C6H14O4.C6H14O.C3H6O2/c7-1-3-9-5-6-10-4-2-8;1-3-5-7-6-4-2;1-2-3(4)5/h7-8H,1-6H2;3-6H2,1-2H3;2H2,1H3,(H,4,5). The fourth-order valence-corrected chi connectivity index (χ4v) is 0.842. The number of ether oxygens (including phenoxy) is 3. The highest BCUT2D eigenvalue weighted by Gasteiger charge is 1.86. The zero-order valence-corrected chi connectivity index (χ0v) is 14.3. The highest BCUT2D eigenvalue weighted by molar-refractivity contribution is 5.66. The summed E-state index contributed by atoms with van der Waals surface area (Å²) < 4.78 is 14.9. The third kappa shape index (κ3) is 42.7. The van der Waals surface area contributed by atoms with Crippen LogP contribution in [0.3, 0.4) is 0 Å². The fraction of sp³-hybridized carbons (Fsp3) is 0.933. The lowest BCUT2D eigenvalue weighted by atomic mass is 10.5. The highest BCUT2D eigenvalue weighted by Crippen LogP contribution is 1.81. The van der Waals surface area contributed by atoms with Crippen molar-refractivity contribution < 1.29 is 34.3 Å². The summed E-state index contributed by atoms with van der Waals surface area (Å²) in [5.41, 5.74) is 0. The summed E-state index contributed by atoms with van der Waals surface area (Å²) in [6, 6.07) is 0. The number of hydrogen-bond acceptors (Lipinski definition) is 6. The normalized spacial score (nSPS) is 9.32. The van der Waals surface area contributed by atoms with E-state index in [2.05, 4.69) is 13.8 Å². The van der Waals surface area contributed by atoms with Crippen LogP contribution in [0.4, 0.5) is 0 Å². The minimum atomic E-state index is -0.745. The Morgan fingerprint density at radius 3 is 1.27 bits per heavy atom. The van der Waals surface area contributed by atoms with Crippen molar-refractivity contribution in [3.63, 3.8) is 0 Å². The number of aliphatic carboxylic acids is 1. The van der Waals surface area contributed by atoms with Gasteiger partial charge in [0, 0.05) is 19.6 Å². The zero-order chi connectivity index (χ0) is 17.5. The highest BCUT2D eigenvalue weighted by atomic mass is 16.5. The van der Waals surface area contributed by atoms with Crippen molar-refractivity contribution in [1.29, 1.82) is 0 Å². The number of carbonyl (C=O) groups is 1. The van der Waals surface area contributed by atoms with Crippen molar-refractivity contribution >= 4 is 5.97 Å². The SMILES string of the molecule is CCC(=O)O.CCCOCCC.OCCOCCOCCO. The summed E-state index contributed by atoms with van der Waals surface area (Å²) in [5.74, 6) is -0.745. The molecule has 0 aromatic rings. The van der Waals surface area contributed by atoms with Crippen molar-refractivity contribution in [1.82, 2.24) is 0 Å². The molecular formula is C15H34O7. The molecular weight excluding hydrogens is 292 g/mol. The molecule has 0 unspecified atom stereocenters. The van der Waals surface area contributed by atoms with Crippen LogP contribution in [-0.4, -0.2) is 74.1 Å². The van der Waals surface area contributed by atoms with Gasteiger partial charge in [-0.2, -0.15) is 0 Å². The van der Waals surface area contributed by atoms with Gasteiger partial charge in [-0.25, -0.2) is 0 Å². The molecule has 0 aliphatic carbocycles. The van der Waals surface area contributed by atoms with Gasteiger partial charge in [0.25, 0.3) is 0 Å². The van der Waals surface area contributed by atoms with E-state index >= 15 is 0 Å². The van der Waals surface area contributed by atoms with Crippen LogP contribution in [0, 0.1) is 0 Å². The first-order chi connectivity index (χ1) is 10.6. The minimum absolute atomic E-state index is 0.0417. The predicted octanol–water partition coefficient (Wildman–Crippen LogP) is 1.31. The van der Waals surface area contributed by atoms with E-state index in [1.165, 1.54) is 0 Å². The first kappa shape index (κ1) is 26.2. The second kappa shape index (κ2) is 28.4. The van der Waals surface area contributed by atoms with Crippen LogP contribution < -0.4 is 0 Å². The number of carboxylic acid groups (broad SMARTS) is 1. The summed E-state index contributed by atoms with van der Waals surface area (Å²) >= 11 is 0. The Balaban J connectivity index is -0.000000263. The van der Waals surface area contributed by atoms with E-state index in [9.17, 15) is 4.79 Å². The number of aliphatic hydroxyl groups excluding tert-OH is 2. The van der Waals surface area contributed by atoms with Crippen LogP contribution in [0.5, 0.6) is 0 Å². The van der Waals surface area contributed by atoms with Gasteiger partial charge in [-0.05, 0) is 12.8 Å². The summed E-state index contributed by atoms with van der Waals surface area (Å²) in [5, 5.41) is 24.2. The Labute approximate surface area is 134 Å². The van der Waals surface area contributed by atoms with E-state index in [0.29, 0.717) is 26.4 Å². The molecule has 0 aliphatic rings. The Morgan fingerprint density at radius 2 is 1.05 bits per heavy atom. The van der Waals surface area contributed by atoms with Gasteiger partial charge < -0.3 is 29.5 Å². The maximum Gasteiger partial charge on any atom is 0.303 e. The van der Waals surface area contributed by atoms with Gasteiger partial charge in [0.2, 0.25) is 0 Å². The molecule has 0 spiro atoms. The van der Waals surface area contributed by atoms with Gasteiger partial charge >= 0.3 is 5.97 Å². The Kier molecular flexibility index (Phi) is 33.8. The molecule has 0 aromatic carbocycles. The molecule has 7 heteroatoms. The average molecular weight is 326 g/mol. The van der Waals surface area contributed by atoms with Crippen molar-refractivity contribution in [2.75, 3.05) is 52.9 Å². The minimum Gasteiger partial charge on any atom is -0.481 e. The lowest BCUT2D eigenvalue weighted by molar-refractivity contribution is -0.136. The molecule has 22 heavy (non-hydrogen) atoms. The van der Waals surface area contributed by atoms with Crippen LogP contribution in [0.25, 0.3) is 0 Å². The summed E-state index contributed by atoms with van der Waals surface area (Å²) in [4.78, 5) is 9.37. The Morgan fingerprint density at radius 1 is 0.727 bits per heavy atom. The van der Waals surface area contributed by atoms with E-state index in [0.717, 1.165) is 26.1 Å². The van der Waals surface area contributed by atoms with Crippen LogP contribution >= 0.6 is 0 Å². The lowest BCUT2D eigenvalue weighted by Crippen LogP contribution is -2.09. The van der Waals surface area contributed by atoms with Crippen molar-refractivity contribution in [2.45, 2.75) is 40.0 Å². The van der Waals surface area contributed by atoms with Gasteiger partial charge in [-0.3, -0.25) is 4.79 Å². The molecule has 0 atom stereocenters. The lowest BCUT2D eigenvalue weighted by Gasteiger charge is -2.01. The van der Waals surface area contributed by atoms with Crippen molar-refractivity contribution in [3.05, 3.63) is 0 Å². The summed E-state index contributed by atoms with van der Waals surface area (Å²) in [7, 11) is 0. The van der Waals surface area contributed by atoms with Gasteiger partial charge in [0.1, 0.15) is 0 Å². The van der Waals surface area contributed by atoms with E-state index in [4.69, 9.17) is 29.5 Å². The summed E-state index contributed by atoms with van der Waals surface area (Å²) in [6.45, 7) is 9.42. The molecule has 0 bridgehead atoms. The van der Waals surface area contributed by atoms with E-state index in [-0.39, 0.29) is 19.6 Å². The largest absolute Gasteiger partial charge is 0.481 e. The monoisotopic (exact) mass is 326 g/mol. The molecule has 0 amide bonds. The topological polar surface area (TPSA) is 105 Å². The fourth-order valence-electron chi connectivity index (χ4n) is 0.842. The molecule has 0 heterocycles. The third-order valence-corrected chi connectivity index (χ3v) is 1.84. The molecule has 7 nitrogen and oxygen atoms in total. The molecule has 3 N–H and O–H groups in total. The summed E-state index contributed by atoms with van der Waals surface area (Å²) in [6.07, 6.45) is 2.50. The molecule has 0 aromatic heterocycles. The smallest absolute Gasteiger partial charge is 0.303 e. The van der Waals surface area contributed by atoms with Crippen molar-refractivity contribution in [3.8, 4) is 0 Å². The maximum atomic E-state index is 9.37. The van der Waals surface area contributed by atoms with E-state index in [1.54, 1.807) is 6.92 Å².